The first kappa shape index (κ1) is 17.1. The van der Waals surface area contributed by atoms with Gasteiger partial charge in [-0.15, -0.1) is 11.3 Å². The Bertz CT molecular complexity index is 919. The average molecular weight is 424 g/mol. The zero-order valence-corrected chi connectivity index (χ0v) is 16.1. The second-order valence-corrected chi connectivity index (χ2v) is 8.77. The molecule has 0 aliphatic rings. The molecule has 5 nitrogen and oxygen atoms in total. The molecular formula is C16H14BrN3O2S2. The van der Waals surface area contributed by atoms with Crippen molar-refractivity contribution in [2.45, 2.75) is 19.9 Å². The highest BCUT2D eigenvalue weighted by Gasteiger charge is 2.19. The lowest BCUT2D eigenvalue weighted by molar-refractivity contribution is -0.117. The van der Waals surface area contributed by atoms with Crippen molar-refractivity contribution in [3.8, 4) is 0 Å². The molecule has 24 heavy (non-hydrogen) atoms. The minimum atomic E-state index is -0.660. The lowest BCUT2D eigenvalue weighted by Gasteiger charge is -2.12. The van der Waals surface area contributed by atoms with E-state index in [4.69, 9.17) is 0 Å². The molecule has 2 heterocycles. The Kier molecular flexibility index (Phi) is 4.98. The topological polar surface area (TPSA) is 71.1 Å². The first-order valence-electron chi connectivity index (χ1n) is 7.16. The van der Waals surface area contributed by atoms with E-state index in [1.165, 1.54) is 22.7 Å². The number of rotatable bonds is 4. The number of amides is 2. The van der Waals surface area contributed by atoms with Crippen LogP contribution < -0.4 is 10.6 Å². The lowest BCUT2D eigenvalue weighted by atomic mass is 10.2. The van der Waals surface area contributed by atoms with Crippen LogP contribution in [-0.4, -0.2) is 22.8 Å². The first-order chi connectivity index (χ1) is 11.4. The maximum absolute atomic E-state index is 12.3. The average Bonchev–Trinajstić information content (AvgIpc) is 3.12. The standard InChI is InChI=1S/C16H14BrN3O2S2/c1-8-3-4-10-12(7-8)24-16(19-10)20-14(21)9(2)18-15(22)11-5-6-13(17)23-11/h3-7,9H,1-2H3,(H,18,22)(H,19,20,21). The second kappa shape index (κ2) is 7.00. The van der Waals surface area contributed by atoms with Crippen molar-refractivity contribution in [2.24, 2.45) is 0 Å². The molecule has 1 atom stereocenters. The molecule has 0 saturated carbocycles. The minimum absolute atomic E-state index is 0.270. The third-order valence-corrected chi connectivity index (χ3v) is 5.87. The Morgan fingerprint density at radius 1 is 1.21 bits per heavy atom. The summed E-state index contributed by atoms with van der Waals surface area (Å²) in [5.41, 5.74) is 1.99. The van der Waals surface area contributed by atoms with Gasteiger partial charge in [0.1, 0.15) is 6.04 Å². The van der Waals surface area contributed by atoms with Crippen molar-refractivity contribution < 1.29 is 9.59 Å². The molecule has 2 N–H and O–H groups in total. The molecule has 0 spiro atoms. The molecule has 0 aliphatic carbocycles. The van der Waals surface area contributed by atoms with E-state index in [-0.39, 0.29) is 11.8 Å². The number of carbonyl (C=O) groups is 2. The quantitative estimate of drug-likeness (QED) is 0.660. The van der Waals surface area contributed by atoms with E-state index in [2.05, 4.69) is 31.5 Å². The van der Waals surface area contributed by atoms with E-state index in [0.717, 1.165) is 19.6 Å². The summed E-state index contributed by atoms with van der Waals surface area (Å²) in [4.78, 5) is 29.3. The van der Waals surface area contributed by atoms with Crippen LogP contribution in [0.4, 0.5) is 5.13 Å². The number of anilines is 1. The van der Waals surface area contributed by atoms with Gasteiger partial charge in [0.2, 0.25) is 5.91 Å². The summed E-state index contributed by atoms with van der Waals surface area (Å²) in [6.07, 6.45) is 0. The number of nitrogens with zero attached hydrogens (tertiary/aromatic N) is 1. The summed E-state index contributed by atoms with van der Waals surface area (Å²) in [5.74, 6) is -0.567. The number of fused-ring (bicyclic) bond motifs is 1. The van der Waals surface area contributed by atoms with Crippen LogP contribution in [0.15, 0.2) is 34.1 Å². The van der Waals surface area contributed by atoms with E-state index in [0.29, 0.717) is 10.0 Å². The molecule has 1 unspecified atom stereocenters. The Labute approximate surface area is 155 Å². The van der Waals surface area contributed by atoms with E-state index >= 15 is 0 Å². The van der Waals surface area contributed by atoms with Crippen LogP contribution in [0.1, 0.15) is 22.2 Å². The van der Waals surface area contributed by atoms with Gasteiger partial charge in [0.15, 0.2) is 5.13 Å². The minimum Gasteiger partial charge on any atom is -0.340 e. The number of benzene rings is 1. The molecule has 124 valence electrons. The molecule has 2 aromatic heterocycles. The third kappa shape index (κ3) is 3.82. The maximum atomic E-state index is 12.3. The number of hydrogen-bond donors (Lipinski definition) is 2. The van der Waals surface area contributed by atoms with Gasteiger partial charge >= 0.3 is 0 Å². The van der Waals surface area contributed by atoms with Gasteiger partial charge in [0, 0.05) is 0 Å². The van der Waals surface area contributed by atoms with Crippen LogP contribution in [0.3, 0.4) is 0 Å². The SMILES string of the molecule is Cc1ccc2nc(NC(=O)C(C)NC(=O)c3ccc(Br)s3)sc2c1. The van der Waals surface area contributed by atoms with Crippen LogP contribution in [0.25, 0.3) is 10.2 Å². The Balaban J connectivity index is 1.65. The molecule has 0 aliphatic heterocycles. The highest BCUT2D eigenvalue weighted by molar-refractivity contribution is 9.11. The van der Waals surface area contributed by atoms with Crippen LogP contribution in [0, 0.1) is 6.92 Å². The van der Waals surface area contributed by atoms with Crippen molar-refractivity contribution in [3.05, 3.63) is 44.6 Å². The molecule has 1 aromatic carbocycles. The van der Waals surface area contributed by atoms with E-state index in [9.17, 15) is 9.59 Å². The molecule has 0 bridgehead atoms. The van der Waals surface area contributed by atoms with Crippen molar-refractivity contribution in [3.63, 3.8) is 0 Å². The van der Waals surface area contributed by atoms with Crippen LogP contribution in [0.2, 0.25) is 0 Å². The van der Waals surface area contributed by atoms with Gasteiger partial charge in [-0.1, -0.05) is 17.4 Å². The fraction of sp³-hybridized carbons (Fsp3) is 0.188. The fourth-order valence-electron chi connectivity index (χ4n) is 2.07. The third-order valence-electron chi connectivity index (χ3n) is 3.31. The Hall–Kier alpha value is -1.77. The molecule has 8 heteroatoms. The fourth-order valence-corrected chi connectivity index (χ4v) is 4.32. The van der Waals surface area contributed by atoms with Crippen LogP contribution in [0.5, 0.6) is 0 Å². The molecule has 0 fully saturated rings. The summed E-state index contributed by atoms with van der Waals surface area (Å²) < 4.78 is 1.89. The number of thiophene rings is 1. The molecule has 3 rings (SSSR count). The van der Waals surface area contributed by atoms with Gasteiger partial charge in [0.25, 0.3) is 5.91 Å². The molecule has 0 radical (unpaired) electrons. The van der Waals surface area contributed by atoms with Crippen molar-refractivity contribution >= 4 is 65.8 Å². The van der Waals surface area contributed by atoms with Gasteiger partial charge in [-0.25, -0.2) is 4.98 Å². The number of thiazole rings is 1. The monoisotopic (exact) mass is 423 g/mol. The van der Waals surface area contributed by atoms with Crippen molar-refractivity contribution in [1.82, 2.24) is 10.3 Å². The van der Waals surface area contributed by atoms with Gasteiger partial charge in [-0.05, 0) is 59.6 Å². The number of nitrogens with one attached hydrogen (secondary N) is 2. The maximum Gasteiger partial charge on any atom is 0.262 e. The Morgan fingerprint density at radius 3 is 2.71 bits per heavy atom. The zero-order chi connectivity index (χ0) is 17.3. The van der Waals surface area contributed by atoms with Gasteiger partial charge in [-0.3, -0.25) is 9.59 Å². The smallest absolute Gasteiger partial charge is 0.262 e. The molecule has 2 amide bonds. The van der Waals surface area contributed by atoms with E-state index in [1.807, 2.05) is 25.1 Å². The summed E-state index contributed by atoms with van der Waals surface area (Å²) in [6.45, 7) is 3.66. The number of carbonyl (C=O) groups excluding carboxylic acids is 2. The summed E-state index contributed by atoms with van der Waals surface area (Å²) in [7, 11) is 0. The lowest BCUT2D eigenvalue weighted by Crippen LogP contribution is -2.41. The summed E-state index contributed by atoms with van der Waals surface area (Å²) >= 11 is 6.05. The van der Waals surface area contributed by atoms with Crippen molar-refractivity contribution in [1.29, 1.82) is 0 Å². The normalized spacial score (nSPS) is 12.1. The predicted octanol–water partition coefficient (Wildman–Crippen LogP) is 4.19. The summed E-state index contributed by atoms with van der Waals surface area (Å²) in [6, 6.07) is 8.79. The largest absolute Gasteiger partial charge is 0.340 e. The van der Waals surface area contributed by atoms with E-state index in [1.54, 1.807) is 19.1 Å². The van der Waals surface area contributed by atoms with Gasteiger partial charge in [-0.2, -0.15) is 0 Å². The highest BCUT2D eigenvalue weighted by Crippen LogP contribution is 2.26. The zero-order valence-electron chi connectivity index (χ0n) is 12.9. The van der Waals surface area contributed by atoms with Crippen LogP contribution >= 0.6 is 38.6 Å². The number of aromatic nitrogens is 1. The number of halogens is 1. The molecule has 0 saturated heterocycles. The molecular weight excluding hydrogens is 410 g/mol. The predicted molar refractivity (Wildman–Crippen MR) is 102 cm³/mol. The highest BCUT2D eigenvalue weighted by atomic mass is 79.9. The Morgan fingerprint density at radius 2 is 2.00 bits per heavy atom. The second-order valence-electron chi connectivity index (χ2n) is 5.28. The van der Waals surface area contributed by atoms with Crippen LogP contribution in [-0.2, 0) is 4.79 Å². The molecule has 3 aromatic rings. The van der Waals surface area contributed by atoms with E-state index < -0.39 is 6.04 Å². The van der Waals surface area contributed by atoms with Gasteiger partial charge in [0.05, 0.1) is 18.9 Å². The summed E-state index contributed by atoms with van der Waals surface area (Å²) in [5, 5.41) is 5.98. The van der Waals surface area contributed by atoms with Gasteiger partial charge < -0.3 is 10.6 Å². The number of hydrogen-bond acceptors (Lipinski definition) is 5. The number of aryl methyl sites for hydroxylation is 1. The first-order valence-corrected chi connectivity index (χ1v) is 9.59. The van der Waals surface area contributed by atoms with Crippen molar-refractivity contribution in [2.75, 3.05) is 5.32 Å².